The van der Waals surface area contributed by atoms with Gasteiger partial charge in [0.15, 0.2) is 0 Å². The van der Waals surface area contributed by atoms with E-state index in [1.165, 1.54) is 11.1 Å². The SMILES string of the molecule is CC(C)Cc1cc(-c2[c-]cccc2)nc[c]1[Ge]([CH3])([CH3])[CH3].Cc1ncc2c(n1)oc1c(-c3nc4ccccc4n3-c3c(-c4ccccc4)cc(C(C)(C)C)cc3-c3ccccc3)[c-]cc(C)c12.[Ir]. The Hall–Kier alpha value is -5.99. The summed E-state index contributed by atoms with van der Waals surface area (Å²) in [6, 6.07) is 53.6. The molecule has 0 saturated heterocycles. The third-order valence-corrected chi connectivity index (χ3v) is 16.5. The molecule has 0 atom stereocenters. The van der Waals surface area contributed by atoms with Gasteiger partial charge in [0.2, 0.25) is 5.71 Å². The van der Waals surface area contributed by atoms with E-state index in [1.54, 1.807) is 4.40 Å². The molecule has 0 amide bonds. The van der Waals surface area contributed by atoms with Crippen LogP contribution in [0.3, 0.4) is 0 Å². The molecule has 0 bridgehead atoms. The average Bonchev–Trinajstić information content (AvgIpc) is 3.88. The monoisotopic (exact) mass is 1120 g/mol. The number of furan rings is 1. The predicted molar refractivity (Wildman–Crippen MR) is 277 cm³/mol. The molecule has 6 aromatic carbocycles. The maximum absolute atomic E-state index is 6.54. The van der Waals surface area contributed by atoms with Crippen LogP contribution < -0.4 is 4.40 Å². The van der Waals surface area contributed by atoms with E-state index in [1.807, 2.05) is 43.5 Å². The molecule has 67 heavy (non-hydrogen) atoms. The third-order valence-electron chi connectivity index (χ3n) is 12.2. The van der Waals surface area contributed by atoms with E-state index in [0.717, 1.165) is 84.4 Å². The van der Waals surface area contributed by atoms with Crippen LogP contribution in [0, 0.1) is 31.9 Å². The first kappa shape index (κ1) is 47.5. The second-order valence-electron chi connectivity index (χ2n) is 19.8. The molecule has 0 aliphatic rings. The Bertz CT molecular complexity index is 3290. The Morgan fingerprint density at radius 2 is 1.37 bits per heavy atom. The zero-order valence-corrected chi connectivity index (χ0v) is 44.6. The number of hydrogen-bond donors (Lipinski definition) is 0. The van der Waals surface area contributed by atoms with Crippen molar-refractivity contribution in [3.05, 3.63) is 181 Å². The average molecular weight is 1120 g/mol. The summed E-state index contributed by atoms with van der Waals surface area (Å²) in [5.74, 6) is 9.42. The Balaban J connectivity index is 0.000000244. The quantitative estimate of drug-likeness (QED) is 0.112. The van der Waals surface area contributed by atoms with Gasteiger partial charge in [-0.2, -0.15) is 4.98 Å². The molecule has 1 radical (unpaired) electrons. The fourth-order valence-electron chi connectivity index (χ4n) is 8.91. The molecular formula is C59H57GeIrN5O-2. The van der Waals surface area contributed by atoms with Crippen LogP contribution >= 0.6 is 0 Å². The van der Waals surface area contributed by atoms with Gasteiger partial charge in [-0.1, -0.05) is 106 Å². The summed E-state index contributed by atoms with van der Waals surface area (Å²) in [7, 11) is 0. The molecule has 0 aliphatic heterocycles. The van der Waals surface area contributed by atoms with Gasteiger partial charge in [-0.05, 0) is 58.7 Å². The van der Waals surface area contributed by atoms with Crippen LogP contribution in [0.5, 0.6) is 0 Å². The van der Waals surface area contributed by atoms with Crippen molar-refractivity contribution < 1.29 is 24.5 Å². The molecule has 10 aromatic rings. The van der Waals surface area contributed by atoms with Crippen molar-refractivity contribution in [3.63, 3.8) is 0 Å². The van der Waals surface area contributed by atoms with Crippen LogP contribution in [-0.2, 0) is 31.9 Å². The second-order valence-corrected chi connectivity index (χ2v) is 30.4. The molecule has 0 aliphatic carbocycles. The van der Waals surface area contributed by atoms with E-state index in [0.29, 0.717) is 23.0 Å². The molecular weight excluding hydrogens is 1060 g/mol. The maximum atomic E-state index is 6.54. The van der Waals surface area contributed by atoms with E-state index in [4.69, 9.17) is 14.4 Å². The zero-order chi connectivity index (χ0) is 46.3. The number of fused-ring (bicyclic) bond motifs is 4. The van der Waals surface area contributed by atoms with Crippen molar-refractivity contribution in [2.24, 2.45) is 5.92 Å². The Kier molecular flexibility index (Phi) is 13.7. The number of pyridine rings is 1. The molecule has 6 nitrogen and oxygen atoms in total. The minimum atomic E-state index is -1.86. The van der Waals surface area contributed by atoms with Gasteiger partial charge in [0, 0.05) is 42.8 Å². The standard InChI is InChI=1S/C41H33N4O.C18H24GeN.Ir/c1-25-20-21-30(38-36(25)33-24-42-26(2)43-40(33)46-38)39-44-34-18-12-13-19-35(34)45(39)37-31(27-14-8-6-9-15-27)22-29(41(3,4)5)23-32(37)28-16-10-7-11-17-28;1-14(2)11-16-12-18(15-9-7-6-8-10-15)20-13-17(16)19(3,4)5;/h6-20,22-24H,1-5H3;6-9,12-14H,11H2,1-5H3;/q2*-1;. The van der Waals surface area contributed by atoms with Crippen LogP contribution in [0.1, 0.15) is 57.1 Å². The summed E-state index contributed by atoms with van der Waals surface area (Å²) in [6.45, 7) is 15.3. The fourth-order valence-corrected chi connectivity index (χ4v) is 12.2. The summed E-state index contributed by atoms with van der Waals surface area (Å²) >= 11 is -1.86. The summed E-state index contributed by atoms with van der Waals surface area (Å²) in [5.41, 5.74) is 15.4. The second kappa shape index (κ2) is 19.3. The molecule has 4 heterocycles. The van der Waals surface area contributed by atoms with Gasteiger partial charge in [-0.15, -0.1) is 17.7 Å². The number of nitrogens with zero attached hydrogens (tertiary/aromatic N) is 5. The largest absolute Gasteiger partial charge is 0.486 e. The number of hydrogen-bond acceptors (Lipinski definition) is 5. The molecule has 0 fully saturated rings. The van der Waals surface area contributed by atoms with Gasteiger partial charge in [0.25, 0.3) is 0 Å². The Morgan fingerprint density at radius 1 is 0.731 bits per heavy atom. The molecule has 4 aromatic heterocycles. The van der Waals surface area contributed by atoms with E-state index in [2.05, 4.69) is 195 Å². The molecule has 8 heteroatoms. The van der Waals surface area contributed by atoms with Crippen molar-refractivity contribution in [1.29, 1.82) is 0 Å². The Labute approximate surface area is 411 Å². The van der Waals surface area contributed by atoms with Crippen LogP contribution in [0.25, 0.3) is 83.7 Å². The molecule has 339 valence electrons. The van der Waals surface area contributed by atoms with Gasteiger partial charge in [0.1, 0.15) is 5.82 Å². The minimum absolute atomic E-state index is 0. The first-order valence-corrected chi connectivity index (χ1v) is 30.3. The van der Waals surface area contributed by atoms with Crippen LogP contribution in [0.2, 0.25) is 17.3 Å². The first-order chi connectivity index (χ1) is 31.7. The molecule has 0 N–H and O–H groups in total. The number of aryl methyl sites for hydroxylation is 2. The van der Waals surface area contributed by atoms with Gasteiger partial charge in [-0.25, -0.2) is 4.98 Å². The van der Waals surface area contributed by atoms with Gasteiger partial charge in [0.05, 0.1) is 28.1 Å². The summed E-state index contributed by atoms with van der Waals surface area (Å²) in [6.07, 6.45) is 5.13. The molecule has 0 saturated carbocycles. The smallest absolute Gasteiger partial charge is 0.219 e. The van der Waals surface area contributed by atoms with Crippen LogP contribution in [0.4, 0.5) is 0 Å². The van der Waals surface area contributed by atoms with Gasteiger partial charge >= 0.3 is 126 Å². The zero-order valence-electron chi connectivity index (χ0n) is 40.1. The van der Waals surface area contributed by atoms with E-state index >= 15 is 0 Å². The van der Waals surface area contributed by atoms with Crippen molar-refractivity contribution in [3.8, 4) is 50.6 Å². The molecule has 10 rings (SSSR count). The topological polar surface area (TPSA) is 69.6 Å². The number of para-hydroxylation sites is 2. The molecule has 0 unspecified atom stereocenters. The van der Waals surface area contributed by atoms with E-state index < -0.39 is 13.3 Å². The predicted octanol–water partition coefficient (Wildman–Crippen LogP) is 14.7. The van der Waals surface area contributed by atoms with Crippen molar-refractivity contribution in [2.45, 2.75) is 77.6 Å². The van der Waals surface area contributed by atoms with Crippen molar-refractivity contribution in [1.82, 2.24) is 24.5 Å². The number of benzene rings is 6. The number of aromatic nitrogens is 5. The van der Waals surface area contributed by atoms with Crippen LogP contribution in [-0.4, -0.2) is 37.8 Å². The number of rotatable bonds is 8. The molecule has 0 spiro atoms. The van der Waals surface area contributed by atoms with Crippen molar-refractivity contribution >= 4 is 50.8 Å². The maximum Gasteiger partial charge on any atom is 0.219 e. The summed E-state index contributed by atoms with van der Waals surface area (Å²) < 4.78 is 10.4. The Morgan fingerprint density at radius 3 is 1.99 bits per heavy atom. The van der Waals surface area contributed by atoms with Gasteiger partial charge in [-0.3, -0.25) is 4.98 Å². The van der Waals surface area contributed by atoms with E-state index in [9.17, 15) is 0 Å². The fraction of sp³-hybridized carbons (Fsp3) is 0.220. The first-order valence-electron chi connectivity index (χ1n) is 23.0. The summed E-state index contributed by atoms with van der Waals surface area (Å²) in [4.78, 5) is 19.1. The normalized spacial score (nSPS) is 11.8. The third kappa shape index (κ3) is 9.74. The van der Waals surface area contributed by atoms with Gasteiger partial charge < -0.3 is 8.98 Å². The van der Waals surface area contributed by atoms with E-state index in [-0.39, 0.29) is 25.5 Å². The van der Waals surface area contributed by atoms with Crippen LogP contribution in [0.15, 0.2) is 150 Å². The summed E-state index contributed by atoms with van der Waals surface area (Å²) in [5, 5.41) is 1.87. The minimum Gasteiger partial charge on any atom is -0.486 e. The number of imidazole rings is 1. The van der Waals surface area contributed by atoms with Crippen molar-refractivity contribution in [2.75, 3.05) is 0 Å².